The molecule has 0 aliphatic rings. The largest absolute Gasteiger partial charge is 0.364 e. The molecule has 0 bridgehead atoms. The van der Waals surface area contributed by atoms with Crippen LogP contribution in [-0.2, 0) is 0 Å². The molecule has 0 aliphatic carbocycles. The number of fused-ring (bicyclic) bond motifs is 1. The van der Waals surface area contributed by atoms with E-state index in [1.54, 1.807) is 18.2 Å². The summed E-state index contributed by atoms with van der Waals surface area (Å²) in [6.07, 6.45) is 0. The van der Waals surface area contributed by atoms with E-state index < -0.39 is 23.3 Å². The van der Waals surface area contributed by atoms with Crippen LogP contribution in [0.5, 0.6) is 0 Å². The molecule has 0 unspecified atom stereocenters. The summed E-state index contributed by atoms with van der Waals surface area (Å²) in [4.78, 5) is 22.5. The molecular formula is C11H9FN2O2. The van der Waals surface area contributed by atoms with Gasteiger partial charge in [-0.15, -0.1) is 0 Å². The number of benzene rings is 1. The number of rotatable bonds is 1. The van der Waals surface area contributed by atoms with Gasteiger partial charge in [-0.2, -0.15) is 0 Å². The lowest BCUT2D eigenvalue weighted by atomic mass is 10.2. The normalized spacial score (nSPS) is 10.6. The Hall–Kier alpha value is -2.17. The van der Waals surface area contributed by atoms with Crippen LogP contribution in [0.4, 0.5) is 4.39 Å². The number of halogens is 1. The molecule has 0 fully saturated rings. The van der Waals surface area contributed by atoms with Gasteiger partial charge in [0.2, 0.25) is 5.91 Å². The molecule has 4 nitrogen and oxygen atoms in total. The fourth-order valence-electron chi connectivity index (χ4n) is 1.75. The molecule has 1 amide bonds. The highest BCUT2D eigenvalue weighted by Crippen LogP contribution is 2.24. The standard InChI is InChI=1S/C11H9FN2O2/c1-6(15)14-8-5-3-2-4-7(8)9(12)10(14)11(13)16/h2-5H,1H3,(H2,13,16). The Kier molecular flexibility index (Phi) is 2.23. The van der Waals surface area contributed by atoms with E-state index >= 15 is 0 Å². The molecule has 16 heavy (non-hydrogen) atoms. The van der Waals surface area contributed by atoms with Gasteiger partial charge in [0, 0.05) is 12.3 Å². The van der Waals surface area contributed by atoms with Crippen molar-refractivity contribution in [1.82, 2.24) is 4.57 Å². The summed E-state index contributed by atoms with van der Waals surface area (Å²) in [5, 5.41) is 0.214. The molecule has 0 saturated carbocycles. The van der Waals surface area contributed by atoms with Crippen molar-refractivity contribution < 1.29 is 14.0 Å². The van der Waals surface area contributed by atoms with Crippen molar-refractivity contribution in [3.05, 3.63) is 35.8 Å². The summed E-state index contributed by atoms with van der Waals surface area (Å²) < 4.78 is 14.8. The van der Waals surface area contributed by atoms with E-state index in [9.17, 15) is 14.0 Å². The van der Waals surface area contributed by atoms with Crippen molar-refractivity contribution in [2.45, 2.75) is 6.92 Å². The van der Waals surface area contributed by atoms with Crippen LogP contribution in [0, 0.1) is 5.82 Å². The summed E-state index contributed by atoms with van der Waals surface area (Å²) in [7, 11) is 0. The maximum absolute atomic E-state index is 13.8. The van der Waals surface area contributed by atoms with Gasteiger partial charge in [-0.1, -0.05) is 12.1 Å². The van der Waals surface area contributed by atoms with Crippen LogP contribution in [0.3, 0.4) is 0 Å². The zero-order valence-electron chi connectivity index (χ0n) is 8.53. The molecule has 0 radical (unpaired) electrons. The Morgan fingerprint density at radius 2 is 1.94 bits per heavy atom. The predicted octanol–water partition coefficient (Wildman–Crippen LogP) is 1.54. The average Bonchev–Trinajstić information content (AvgIpc) is 2.53. The minimum absolute atomic E-state index is 0.214. The van der Waals surface area contributed by atoms with Crippen molar-refractivity contribution in [1.29, 1.82) is 0 Å². The number of hydrogen-bond donors (Lipinski definition) is 1. The third-order valence-electron chi connectivity index (χ3n) is 2.36. The van der Waals surface area contributed by atoms with Gasteiger partial charge in [-0.3, -0.25) is 14.2 Å². The first kappa shape index (κ1) is 10.4. The van der Waals surface area contributed by atoms with Gasteiger partial charge in [0.05, 0.1) is 5.52 Å². The maximum atomic E-state index is 13.8. The number of para-hydroxylation sites is 1. The van der Waals surface area contributed by atoms with Crippen molar-refractivity contribution >= 4 is 22.7 Å². The zero-order valence-corrected chi connectivity index (χ0v) is 8.53. The number of carbonyl (C=O) groups excluding carboxylic acids is 2. The smallest absolute Gasteiger partial charge is 0.268 e. The Morgan fingerprint density at radius 1 is 1.31 bits per heavy atom. The third-order valence-corrected chi connectivity index (χ3v) is 2.36. The first-order chi connectivity index (χ1) is 7.54. The van der Waals surface area contributed by atoms with E-state index in [0.29, 0.717) is 5.52 Å². The van der Waals surface area contributed by atoms with Gasteiger partial charge in [0.15, 0.2) is 11.5 Å². The lowest BCUT2D eigenvalue weighted by Crippen LogP contribution is -2.21. The van der Waals surface area contributed by atoms with Crippen LogP contribution in [-0.4, -0.2) is 16.4 Å². The number of amides is 1. The lowest BCUT2D eigenvalue weighted by molar-refractivity contribution is 0.0907. The first-order valence-electron chi connectivity index (χ1n) is 4.63. The predicted molar refractivity (Wildman–Crippen MR) is 56.7 cm³/mol. The monoisotopic (exact) mass is 220 g/mol. The number of nitrogens with two attached hydrogens (primary N) is 1. The molecular weight excluding hydrogens is 211 g/mol. The van der Waals surface area contributed by atoms with E-state index in [2.05, 4.69) is 0 Å². The van der Waals surface area contributed by atoms with Gasteiger partial charge in [-0.25, -0.2) is 4.39 Å². The summed E-state index contributed by atoms with van der Waals surface area (Å²) >= 11 is 0. The summed E-state index contributed by atoms with van der Waals surface area (Å²) in [5.74, 6) is -2.16. The Balaban J connectivity index is 2.97. The molecule has 5 heteroatoms. The third kappa shape index (κ3) is 1.29. The molecule has 0 atom stereocenters. The second-order valence-corrected chi connectivity index (χ2v) is 3.40. The van der Waals surface area contributed by atoms with Crippen molar-refractivity contribution in [3.63, 3.8) is 0 Å². The van der Waals surface area contributed by atoms with Crippen LogP contribution in [0.2, 0.25) is 0 Å². The Labute approximate surface area is 90.5 Å². The molecule has 2 N–H and O–H groups in total. The quantitative estimate of drug-likeness (QED) is 0.792. The van der Waals surface area contributed by atoms with E-state index in [1.165, 1.54) is 13.0 Å². The molecule has 0 aliphatic heterocycles. The van der Waals surface area contributed by atoms with E-state index in [1.807, 2.05) is 0 Å². The van der Waals surface area contributed by atoms with Crippen LogP contribution >= 0.6 is 0 Å². The molecule has 1 aromatic heterocycles. The minimum Gasteiger partial charge on any atom is -0.364 e. The highest BCUT2D eigenvalue weighted by molar-refractivity contribution is 6.04. The fourth-order valence-corrected chi connectivity index (χ4v) is 1.75. The Morgan fingerprint density at radius 3 is 2.50 bits per heavy atom. The SMILES string of the molecule is CC(=O)n1c(C(N)=O)c(F)c2ccccc21. The highest BCUT2D eigenvalue weighted by atomic mass is 19.1. The fraction of sp³-hybridized carbons (Fsp3) is 0.0909. The van der Waals surface area contributed by atoms with E-state index in [4.69, 9.17) is 5.73 Å². The topological polar surface area (TPSA) is 65.1 Å². The second kappa shape index (κ2) is 3.44. The maximum Gasteiger partial charge on any atom is 0.268 e. The van der Waals surface area contributed by atoms with Crippen LogP contribution in [0.25, 0.3) is 10.9 Å². The van der Waals surface area contributed by atoms with E-state index in [-0.39, 0.29) is 5.39 Å². The highest BCUT2D eigenvalue weighted by Gasteiger charge is 2.22. The minimum atomic E-state index is -0.955. The van der Waals surface area contributed by atoms with Gasteiger partial charge in [-0.05, 0) is 12.1 Å². The summed E-state index contributed by atoms with van der Waals surface area (Å²) in [6.45, 7) is 1.25. The molecule has 1 heterocycles. The van der Waals surface area contributed by atoms with Gasteiger partial charge >= 0.3 is 0 Å². The molecule has 82 valence electrons. The molecule has 0 saturated heterocycles. The number of carbonyl (C=O) groups is 2. The molecule has 0 spiro atoms. The lowest BCUT2D eigenvalue weighted by Gasteiger charge is -2.02. The van der Waals surface area contributed by atoms with Crippen molar-refractivity contribution in [3.8, 4) is 0 Å². The van der Waals surface area contributed by atoms with Crippen LogP contribution in [0.1, 0.15) is 22.2 Å². The number of nitrogens with zero attached hydrogens (tertiary/aromatic N) is 1. The Bertz CT molecular complexity index is 601. The van der Waals surface area contributed by atoms with Gasteiger partial charge < -0.3 is 5.73 Å². The molecule has 2 aromatic rings. The number of hydrogen-bond acceptors (Lipinski definition) is 2. The van der Waals surface area contributed by atoms with Gasteiger partial charge in [0.25, 0.3) is 5.91 Å². The van der Waals surface area contributed by atoms with Crippen LogP contribution < -0.4 is 5.73 Å². The first-order valence-corrected chi connectivity index (χ1v) is 4.63. The summed E-state index contributed by atoms with van der Waals surface area (Å²) in [5.41, 5.74) is 5.02. The number of primary amides is 1. The van der Waals surface area contributed by atoms with Crippen LogP contribution in [0.15, 0.2) is 24.3 Å². The molecule has 2 rings (SSSR count). The van der Waals surface area contributed by atoms with Crippen molar-refractivity contribution in [2.24, 2.45) is 5.73 Å². The van der Waals surface area contributed by atoms with Gasteiger partial charge in [0.1, 0.15) is 0 Å². The van der Waals surface area contributed by atoms with E-state index in [0.717, 1.165) is 4.57 Å². The zero-order chi connectivity index (χ0) is 11.9. The molecule has 1 aromatic carbocycles. The summed E-state index contributed by atoms with van der Waals surface area (Å²) in [6, 6.07) is 6.34. The van der Waals surface area contributed by atoms with Crippen molar-refractivity contribution in [2.75, 3.05) is 0 Å². The second-order valence-electron chi connectivity index (χ2n) is 3.40. The number of aromatic nitrogens is 1. The average molecular weight is 220 g/mol.